The molecule has 6 heteroatoms. The van der Waals surface area contributed by atoms with E-state index in [1.54, 1.807) is 24.3 Å². The molecule has 0 radical (unpaired) electrons. The summed E-state index contributed by atoms with van der Waals surface area (Å²) in [5.41, 5.74) is 0.315. The SMILES string of the molecule is O=Cc1c(OCCOC(F)(F)F)ccc2ccccc12. The summed E-state index contributed by atoms with van der Waals surface area (Å²) in [6, 6.07) is 10.5. The molecule has 0 aliphatic heterocycles. The van der Waals surface area contributed by atoms with E-state index in [9.17, 15) is 18.0 Å². The van der Waals surface area contributed by atoms with Crippen molar-refractivity contribution in [2.24, 2.45) is 0 Å². The van der Waals surface area contributed by atoms with Gasteiger partial charge in [-0.1, -0.05) is 30.3 Å². The number of alkyl halides is 3. The van der Waals surface area contributed by atoms with E-state index in [0.717, 1.165) is 5.39 Å². The van der Waals surface area contributed by atoms with Crippen LogP contribution in [0.25, 0.3) is 10.8 Å². The number of fused-ring (bicyclic) bond motifs is 1. The molecule has 0 aliphatic carbocycles. The first-order valence-corrected chi connectivity index (χ1v) is 5.81. The maximum absolute atomic E-state index is 11.8. The van der Waals surface area contributed by atoms with Gasteiger partial charge < -0.3 is 4.74 Å². The molecule has 0 fully saturated rings. The summed E-state index contributed by atoms with van der Waals surface area (Å²) in [6.45, 7) is -0.923. The number of rotatable bonds is 5. The molecule has 0 unspecified atom stereocenters. The Hall–Kier alpha value is -2.08. The molecule has 0 aliphatic rings. The molecule has 0 amide bonds. The molecule has 0 atom stereocenters. The molecule has 0 saturated carbocycles. The highest BCUT2D eigenvalue weighted by atomic mass is 19.4. The summed E-state index contributed by atoms with van der Waals surface area (Å²) >= 11 is 0. The molecular weight excluding hydrogens is 273 g/mol. The van der Waals surface area contributed by atoms with E-state index in [0.29, 0.717) is 17.2 Å². The number of carbonyl (C=O) groups excluding carboxylic acids is 1. The smallest absolute Gasteiger partial charge is 0.490 e. The normalized spacial score (nSPS) is 11.6. The number of ether oxygens (including phenoxy) is 2. The lowest BCUT2D eigenvalue weighted by Crippen LogP contribution is -2.18. The average molecular weight is 284 g/mol. The minimum atomic E-state index is -4.68. The summed E-state index contributed by atoms with van der Waals surface area (Å²) in [4.78, 5) is 11.1. The Morgan fingerprint density at radius 1 is 1.05 bits per heavy atom. The quantitative estimate of drug-likeness (QED) is 0.622. The van der Waals surface area contributed by atoms with Crippen molar-refractivity contribution in [2.75, 3.05) is 13.2 Å². The van der Waals surface area contributed by atoms with Gasteiger partial charge in [-0.2, -0.15) is 0 Å². The molecule has 0 aromatic heterocycles. The number of carbonyl (C=O) groups is 1. The fraction of sp³-hybridized carbons (Fsp3) is 0.214. The third-order valence-electron chi connectivity index (χ3n) is 2.66. The molecule has 2 rings (SSSR count). The van der Waals surface area contributed by atoms with Crippen LogP contribution in [-0.4, -0.2) is 25.9 Å². The molecular formula is C14H11F3O3. The lowest BCUT2D eigenvalue weighted by Gasteiger charge is -2.11. The molecule has 0 saturated heterocycles. The first-order chi connectivity index (χ1) is 9.51. The van der Waals surface area contributed by atoms with Gasteiger partial charge in [0, 0.05) is 0 Å². The van der Waals surface area contributed by atoms with Crippen LogP contribution in [0.3, 0.4) is 0 Å². The maximum atomic E-state index is 11.8. The lowest BCUT2D eigenvalue weighted by atomic mass is 10.0. The average Bonchev–Trinajstić information content (AvgIpc) is 2.42. The van der Waals surface area contributed by atoms with E-state index >= 15 is 0 Å². The molecule has 20 heavy (non-hydrogen) atoms. The van der Waals surface area contributed by atoms with Crippen LogP contribution < -0.4 is 4.74 Å². The van der Waals surface area contributed by atoms with Gasteiger partial charge in [-0.25, -0.2) is 0 Å². The minimum Gasteiger partial charge on any atom is -0.490 e. The van der Waals surface area contributed by atoms with Gasteiger partial charge in [0.15, 0.2) is 6.29 Å². The molecule has 0 bridgehead atoms. The second kappa shape index (κ2) is 5.92. The zero-order valence-corrected chi connectivity index (χ0v) is 10.3. The van der Waals surface area contributed by atoms with Gasteiger partial charge >= 0.3 is 6.36 Å². The van der Waals surface area contributed by atoms with Gasteiger partial charge in [0.25, 0.3) is 0 Å². The van der Waals surface area contributed by atoms with Crippen molar-refractivity contribution in [3.8, 4) is 5.75 Å². The topological polar surface area (TPSA) is 35.5 Å². The first kappa shape index (κ1) is 14.3. The fourth-order valence-corrected chi connectivity index (χ4v) is 1.83. The van der Waals surface area contributed by atoms with E-state index in [4.69, 9.17) is 4.74 Å². The molecule has 0 spiro atoms. The Morgan fingerprint density at radius 2 is 1.80 bits per heavy atom. The maximum Gasteiger partial charge on any atom is 0.522 e. The molecule has 3 nitrogen and oxygen atoms in total. The van der Waals surface area contributed by atoms with E-state index < -0.39 is 13.0 Å². The molecule has 106 valence electrons. The van der Waals surface area contributed by atoms with Crippen LogP contribution in [0.2, 0.25) is 0 Å². The molecule has 0 N–H and O–H groups in total. The monoisotopic (exact) mass is 284 g/mol. The van der Waals surface area contributed by atoms with Gasteiger partial charge in [-0.3, -0.25) is 9.53 Å². The minimum absolute atomic E-state index is 0.240. The summed E-state index contributed by atoms with van der Waals surface area (Å²) in [5.74, 6) is 0.240. The predicted octanol–water partition coefficient (Wildman–Crippen LogP) is 3.57. The first-order valence-electron chi connectivity index (χ1n) is 5.81. The summed E-state index contributed by atoms with van der Waals surface area (Å²) in [6.07, 6.45) is -4.05. The lowest BCUT2D eigenvalue weighted by molar-refractivity contribution is -0.325. The predicted molar refractivity (Wildman–Crippen MR) is 66.8 cm³/mol. The largest absolute Gasteiger partial charge is 0.522 e. The van der Waals surface area contributed by atoms with Crippen molar-refractivity contribution >= 4 is 17.1 Å². The highest BCUT2D eigenvalue weighted by Gasteiger charge is 2.28. The van der Waals surface area contributed by atoms with E-state index in [1.165, 1.54) is 0 Å². The van der Waals surface area contributed by atoms with Crippen LogP contribution in [0.15, 0.2) is 36.4 Å². The van der Waals surface area contributed by atoms with Crippen molar-refractivity contribution < 1.29 is 27.4 Å². The number of hydrogen-bond donors (Lipinski definition) is 0. The summed E-state index contributed by atoms with van der Waals surface area (Å²) in [5, 5.41) is 1.55. The van der Waals surface area contributed by atoms with Crippen LogP contribution in [0, 0.1) is 0 Å². The van der Waals surface area contributed by atoms with Gasteiger partial charge in [0.05, 0.1) is 12.2 Å². The number of hydrogen-bond acceptors (Lipinski definition) is 3. The van der Waals surface area contributed by atoms with Crippen LogP contribution in [0.5, 0.6) is 5.75 Å². The van der Waals surface area contributed by atoms with Crippen molar-refractivity contribution in [3.63, 3.8) is 0 Å². The number of aldehydes is 1. The Bertz CT molecular complexity index is 608. The Morgan fingerprint density at radius 3 is 2.50 bits per heavy atom. The van der Waals surface area contributed by atoms with Crippen LogP contribution in [0.4, 0.5) is 13.2 Å². The van der Waals surface area contributed by atoms with Crippen LogP contribution in [0.1, 0.15) is 10.4 Å². The van der Waals surface area contributed by atoms with Gasteiger partial charge in [0.2, 0.25) is 0 Å². The van der Waals surface area contributed by atoms with E-state index in [2.05, 4.69) is 4.74 Å². The molecule has 2 aromatic carbocycles. The highest BCUT2D eigenvalue weighted by molar-refractivity contribution is 6.00. The fourth-order valence-electron chi connectivity index (χ4n) is 1.83. The highest BCUT2D eigenvalue weighted by Crippen LogP contribution is 2.26. The summed E-state index contributed by atoms with van der Waals surface area (Å²) < 4.78 is 44.2. The van der Waals surface area contributed by atoms with E-state index in [-0.39, 0.29) is 12.4 Å². The Kier molecular flexibility index (Phi) is 4.24. The van der Waals surface area contributed by atoms with Gasteiger partial charge in [-0.05, 0) is 16.8 Å². The van der Waals surface area contributed by atoms with Gasteiger partial charge in [-0.15, -0.1) is 13.2 Å². The van der Waals surface area contributed by atoms with Crippen molar-refractivity contribution in [3.05, 3.63) is 42.0 Å². The van der Waals surface area contributed by atoms with Crippen LogP contribution >= 0.6 is 0 Å². The van der Waals surface area contributed by atoms with Gasteiger partial charge in [0.1, 0.15) is 12.4 Å². The van der Waals surface area contributed by atoms with E-state index in [1.807, 2.05) is 12.1 Å². The summed E-state index contributed by atoms with van der Waals surface area (Å²) in [7, 11) is 0. The molecule has 0 heterocycles. The number of benzene rings is 2. The second-order valence-corrected chi connectivity index (χ2v) is 3.96. The zero-order valence-electron chi connectivity index (χ0n) is 10.3. The Balaban J connectivity index is 2.12. The standard InChI is InChI=1S/C14H11F3O3/c15-14(16,17)20-8-7-19-13-6-5-10-3-1-2-4-11(10)12(13)9-18/h1-6,9H,7-8H2. The third-order valence-corrected chi connectivity index (χ3v) is 2.66. The Labute approximate surface area is 112 Å². The molecule has 2 aromatic rings. The van der Waals surface area contributed by atoms with Crippen molar-refractivity contribution in [1.29, 1.82) is 0 Å². The number of halogens is 3. The second-order valence-electron chi connectivity index (χ2n) is 3.96. The van der Waals surface area contributed by atoms with Crippen molar-refractivity contribution in [2.45, 2.75) is 6.36 Å². The third kappa shape index (κ3) is 3.48. The van der Waals surface area contributed by atoms with Crippen molar-refractivity contribution in [1.82, 2.24) is 0 Å². The van der Waals surface area contributed by atoms with Crippen LogP contribution in [-0.2, 0) is 4.74 Å². The zero-order chi connectivity index (χ0) is 14.6.